The number of rotatable bonds is 6. The molecule has 26 heavy (non-hydrogen) atoms. The normalized spacial score (nSPS) is 12.6. The van der Waals surface area contributed by atoms with Crippen LogP contribution in [0.3, 0.4) is 0 Å². The number of guanidine groups is 1. The van der Waals surface area contributed by atoms with Crippen LogP contribution in [0.5, 0.6) is 0 Å². The second kappa shape index (κ2) is 8.33. The molecule has 0 saturated carbocycles. The summed E-state index contributed by atoms with van der Waals surface area (Å²) in [5, 5.41) is 3.06. The maximum absolute atomic E-state index is 12.4. The Labute approximate surface area is 155 Å². The fraction of sp³-hybridized carbons (Fsp3) is 0.316. The highest BCUT2D eigenvalue weighted by Gasteiger charge is 2.20. The van der Waals surface area contributed by atoms with Crippen LogP contribution < -0.4 is 11.1 Å². The van der Waals surface area contributed by atoms with Gasteiger partial charge in [0.05, 0.1) is 11.4 Å². The molecule has 0 fully saturated rings. The molecule has 0 spiro atoms. The van der Waals surface area contributed by atoms with Gasteiger partial charge in [0.2, 0.25) is 10.0 Å². The van der Waals surface area contributed by atoms with E-state index in [2.05, 4.69) is 30.2 Å². The Hall–Kier alpha value is -2.38. The predicted octanol–water partition coefficient (Wildman–Crippen LogP) is 2.99. The Morgan fingerprint density at radius 2 is 1.85 bits per heavy atom. The van der Waals surface area contributed by atoms with Crippen LogP contribution in [-0.2, 0) is 16.6 Å². The van der Waals surface area contributed by atoms with Gasteiger partial charge in [-0.15, -0.1) is 0 Å². The number of anilines is 1. The van der Waals surface area contributed by atoms with Crippen molar-refractivity contribution in [3.05, 3.63) is 59.7 Å². The molecule has 3 N–H and O–H groups in total. The fourth-order valence-electron chi connectivity index (χ4n) is 2.42. The van der Waals surface area contributed by atoms with Gasteiger partial charge in [-0.1, -0.05) is 44.2 Å². The number of aliphatic imine (C=N–C) groups is 1. The van der Waals surface area contributed by atoms with Crippen molar-refractivity contribution in [2.45, 2.75) is 31.2 Å². The monoisotopic (exact) mass is 374 g/mol. The molecule has 6 nitrogen and oxygen atoms in total. The molecule has 0 aliphatic rings. The molecule has 7 heteroatoms. The van der Waals surface area contributed by atoms with Crippen molar-refractivity contribution < 1.29 is 8.42 Å². The molecule has 0 unspecified atom stereocenters. The lowest BCUT2D eigenvalue weighted by Crippen LogP contribution is -2.24. The third-order valence-corrected chi connectivity index (χ3v) is 5.89. The summed E-state index contributed by atoms with van der Waals surface area (Å²) in [4.78, 5) is 4.54. The average molecular weight is 375 g/mol. The van der Waals surface area contributed by atoms with E-state index in [1.165, 1.54) is 24.0 Å². The van der Waals surface area contributed by atoms with Gasteiger partial charge in [-0.2, -0.15) is 0 Å². The van der Waals surface area contributed by atoms with E-state index in [4.69, 9.17) is 5.73 Å². The third-order valence-electron chi connectivity index (χ3n) is 3.98. The Kier molecular flexibility index (Phi) is 6.39. The molecule has 0 radical (unpaired) electrons. The second-order valence-electron chi connectivity index (χ2n) is 6.50. The van der Waals surface area contributed by atoms with E-state index in [0.29, 0.717) is 11.5 Å². The molecule has 0 bridgehead atoms. The Balaban J connectivity index is 2.19. The van der Waals surface area contributed by atoms with Crippen LogP contribution in [0.2, 0.25) is 0 Å². The summed E-state index contributed by atoms with van der Waals surface area (Å²) in [5.41, 5.74) is 8.63. The Morgan fingerprint density at radius 3 is 2.50 bits per heavy atom. The third kappa shape index (κ3) is 4.83. The summed E-state index contributed by atoms with van der Waals surface area (Å²) >= 11 is 0. The van der Waals surface area contributed by atoms with E-state index in [-0.39, 0.29) is 17.4 Å². The van der Waals surface area contributed by atoms with Crippen molar-refractivity contribution in [1.29, 1.82) is 0 Å². The standard InChI is InChI=1S/C19H26N4O2S/c1-14(2)15-9-7-10-17(12-15)22-19(20)21-13-16-8-5-6-11-18(16)26(24,25)23(3)4/h5-12,14H,13H2,1-4H3,(H3,20,21,22). The van der Waals surface area contributed by atoms with E-state index in [0.717, 1.165) is 5.69 Å². The van der Waals surface area contributed by atoms with E-state index >= 15 is 0 Å². The van der Waals surface area contributed by atoms with E-state index in [9.17, 15) is 8.42 Å². The molecule has 0 aromatic heterocycles. The van der Waals surface area contributed by atoms with Crippen LogP contribution >= 0.6 is 0 Å². The van der Waals surface area contributed by atoms with Crippen LogP contribution in [0.25, 0.3) is 0 Å². The fourth-order valence-corrected chi connectivity index (χ4v) is 3.52. The van der Waals surface area contributed by atoms with Gasteiger partial charge in [-0.05, 0) is 35.2 Å². The minimum Gasteiger partial charge on any atom is -0.370 e. The highest BCUT2D eigenvalue weighted by atomic mass is 32.2. The minimum atomic E-state index is -3.53. The van der Waals surface area contributed by atoms with Crippen LogP contribution in [0.15, 0.2) is 58.4 Å². The van der Waals surface area contributed by atoms with Crippen molar-refractivity contribution >= 4 is 21.7 Å². The molecule has 0 aliphatic heterocycles. The zero-order chi connectivity index (χ0) is 19.3. The summed E-state index contributed by atoms with van der Waals surface area (Å²) in [6.45, 7) is 4.42. The van der Waals surface area contributed by atoms with E-state index in [1.54, 1.807) is 24.3 Å². The minimum absolute atomic E-state index is 0.173. The van der Waals surface area contributed by atoms with Gasteiger partial charge in [0.1, 0.15) is 0 Å². The topological polar surface area (TPSA) is 87.8 Å². The van der Waals surface area contributed by atoms with Gasteiger partial charge in [0.15, 0.2) is 5.96 Å². The summed E-state index contributed by atoms with van der Waals surface area (Å²) in [5.74, 6) is 0.654. The number of benzene rings is 2. The lowest BCUT2D eigenvalue weighted by atomic mass is 10.0. The van der Waals surface area contributed by atoms with Crippen molar-refractivity contribution in [1.82, 2.24) is 4.31 Å². The van der Waals surface area contributed by atoms with Gasteiger partial charge in [0, 0.05) is 19.8 Å². The highest BCUT2D eigenvalue weighted by molar-refractivity contribution is 7.89. The summed E-state index contributed by atoms with van der Waals surface area (Å²) < 4.78 is 26.0. The smallest absolute Gasteiger partial charge is 0.242 e. The molecule has 140 valence electrons. The number of hydrogen-bond acceptors (Lipinski definition) is 3. The lowest BCUT2D eigenvalue weighted by Gasteiger charge is -2.14. The SMILES string of the molecule is CC(C)c1cccc(NC(N)=NCc2ccccc2S(=O)(=O)N(C)C)c1. The maximum Gasteiger partial charge on any atom is 0.242 e. The Morgan fingerprint density at radius 1 is 1.15 bits per heavy atom. The van der Waals surface area contributed by atoms with Crippen molar-refractivity contribution in [3.8, 4) is 0 Å². The molecule has 0 saturated heterocycles. The summed E-state index contributed by atoms with van der Waals surface area (Å²) in [6.07, 6.45) is 0. The summed E-state index contributed by atoms with van der Waals surface area (Å²) in [7, 11) is -0.513. The van der Waals surface area contributed by atoms with Crippen LogP contribution in [-0.4, -0.2) is 32.8 Å². The zero-order valence-corrected chi connectivity index (χ0v) is 16.4. The summed E-state index contributed by atoms with van der Waals surface area (Å²) in [6, 6.07) is 14.8. The van der Waals surface area contributed by atoms with Gasteiger partial charge >= 0.3 is 0 Å². The second-order valence-corrected chi connectivity index (χ2v) is 8.62. The largest absolute Gasteiger partial charge is 0.370 e. The number of sulfonamides is 1. The molecule has 2 aromatic carbocycles. The molecule has 2 aromatic rings. The van der Waals surface area contributed by atoms with Gasteiger partial charge in [0.25, 0.3) is 0 Å². The first kappa shape index (κ1) is 19.9. The van der Waals surface area contributed by atoms with Gasteiger partial charge in [-0.25, -0.2) is 17.7 Å². The Bertz CT molecular complexity index is 890. The zero-order valence-electron chi connectivity index (χ0n) is 15.6. The first-order valence-electron chi connectivity index (χ1n) is 8.39. The molecule has 0 heterocycles. The predicted molar refractivity (Wildman–Crippen MR) is 107 cm³/mol. The molecule has 2 rings (SSSR count). The number of nitrogens with one attached hydrogen (secondary N) is 1. The van der Waals surface area contributed by atoms with Crippen molar-refractivity contribution in [2.24, 2.45) is 10.7 Å². The first-order chi connectivity index (χ1) is 12.2. The molecule has 0 aliphatic carbocycles. The lowest BCUT2D eigenvalue weighted by molar-refractivity contribution is 0.519. The van der Waals surface area contributed by atoms with Crippen LogP contribution in [0.4, 0.5) is 5.69 Å². The average Bonchev–Trinajstić information content (AvgIpc) is 2.60. The van der Waals surface area contributed by atoms with Crippen LogP contribution in [0, 0.1) is 0 Å². The molecule has 0 atom stereocenters. The maximum atomic E-state index is 12.4. The van der Waals surface area contributed by atoms with E-state index < -0.39 is 10.0 Å². The highest BCUT2D eigenvalue weighted by Crippen LogP contribution is 2.20. The van der Waals surface area contributed by atoms with Crippen molar-refractivity contribution in [2.75, 3.05) is 19.4 Å². The number of hydrogen-bond donors (Lipinski definition) is 2. The number of nitrogens with zero attached hydrogens (tertiary/aromatic N) is 2. The molecular weight excluding hydrogens is 348 g/mol. The van der Waals surface area contributed by atoms with Crippen LogP contribution in [0.1, 0.15) is 30.9 Å². The molecule has 0 amide bonds. The molecular formula is C19H26N4O2S. The first-order valence-corrected chi connectivity index (χ1v) is 9.83. The quantitative estimate of drug-likeness (QED) is 0.601. The van der Waals surface area contributed by atoms with Gasteiger partial charge in [-0.3, -0.25) is 0 Å². The number of nitrogens with two attached hydrogens (primary N) is 1. The van der Waals surface area contributed by atoms with Crippen molar-refractivity contribution in [3.63, 3.8) is 0 Å². The van der Waals surface area contributed by atoms with E-state index in [1.807, 2.05) is 18.2 Å². The van der Waals surface area contributed by atoms with Gasteiger partial charge < -0.3 is 11.1 Å².